The molecule has 0 N–H and O–H groups in total. The SMILES string of the molecule is c1cc(-c2ccc(N(c3ccccc3-c3cccc4c3oc3ccccc34)c3cccc4ccccc34)cc2)cc(-c2cccc3c2ccc2ccccc23)c1. The van der Waals surface area contributed by atoms with Crippen LogP contribution in [0.4, 0.5) is 17.1 Å². The Morgan fingerprint density at radius 3 is 1.77 bits per heavy atom. The van der Waals surface area contributed by atoms with Crippen LogP contribution in [-0.2, 0) is 0 Å². The van der Waals surface area contributed by atoms with Gasteiger partial charge in [0.25, 0.3) is 0 Å². The highest BCUT2D eigenvalue weighted by Crippen LogP contribution is 2.46. The first kappa shape index (κ1) is 32.0. The maximum atomic E-state index is 6.58. The van der Waals surface area contributed by atoms with E-state index in [-0.39, 0.29) is 0 Å². The molecule has 0 spiro atoms. The van der Waals surface area contributed by atoms with Gasteiger partial charge in [0, 0.05) is 33.0 Å². The molecule has 10 aromatic carbocycles. The lowest BCUT2D eigenvalue weighted by Crippen LogP contribution is -2.11. The quantitative estimate of drug-likeness (QED) is 0.160. The van der Waals surface area contributed by atoms with E-state index < -0.39 is 0 Å². The van der Waals surface area contributed by atoms with Crippen LogP contribution in [0.1, 0.15) is 0 Å². The van der Waals surface area contributed by atoms with Crippen LogP contribution in [0.2, 0.25) is 0 Å². The number of furan rings is 1. The van der Waals surface area contributed by atoms with Gasteiger partial charge in [-0.05, 0) is 85.6 Å². The molecule has 11 aromatic rings. The van der Waals surface area contributed by atoms with Crippen molar-refractivity contribution in [1.82, 2.24) is 0 Å². The van der Waals surface area contributed by atoms with E-state index >= 15 is 0 Å². The average Bonchev–Trinajstić information content (AvgIpc) is 3.66. The highest BCUT2D eigenvalue weighted by molar-refractivity contribution is 6.13. The summed E-state index contributed by atoms with van der Waals surface area (Å²) in [4.78, 5) is 2.40. The van der Waals surface area contributed by atoms with Crippen molar-refractivity contribution in [2.24, 2.45) is 0 Å². The van der Waals surface area contributed by atoms with E-state index in [1.54, 1.807) is 0 Å². The number of nitrogens with zero attached hydrogens (tertiary/aromatic N) is 1. The first-order valence-electron chi connectivity index (χ1n) is 19.2. The summed E-state index contributed by atoms with van der Waals surface area (Å²) in [7, 11) is 0. The smallest absolute Gasteiger partial charge is 0.143 e. The molecule has 11 rings (SSSR count). The molecule has 0 amide bonds. The monoisotopic (exact) mass is 713 g/mol. The molecule has 0 aliphatic rings. The van der Waals surface area contributed by atoms with Crippen LogP contribution in [-0.4, -0.2) is 0 Å². The second kappa shape index (κ2) is 13.2. The summed E-state index contributed by atoms with van der Waals surface area (Å²) < 4.78 is 6.58. The fourth-order valence-corrected chi connectivity index (χ4v) is 8.63. The second-order valence-corrected chi connectivity index (χ2v) is 14.4. The van der Waals surface area contributed by atoms with Gasteiger partial charge in [-0.3, -0.25) is 0 Å². The summed E-state index contributed by atoms with van der Waals surface area (Å²) in [5.74, 6) is 0. The van der Waals surface area contributed by atoms with Crippen LogP contribution in [0.3, 0.4) is 0 Å². The molecule has 2 heteroatoms. The van der Waals surface area contributed by atoms with Crippen molar-refractivity contribution in [1.29, 1.82) is 0 Å². The maximum Gasteiger partial charge on any atom is 0.143 e. The number of hydrogen-bond acceptors (Lipinski definition) is 2. The van der Waals surface area contributed by atoms with Crippen LogP contribution < -0.4 is 4.90 Å². The topological polar surface area (TPSA) is 16.4 Å². The van der Waals surface area contributed by atoms with Gasteiger partial charge in [-0.2, -0.15) is 0 Å². The Morgan fingerprint density at radius 2 is 0.893 bits per heavy atom. The van der Waals surface area contributed by atoms with Crippen molar-refractivity contribution in [2.75, 3.05) is 4.90 Å². The molecule has 56 heavy (non-hydrogen) atoms. The van der Waals surface area contributed by atoms with Crippen molar-refractivity contribution >= 4 is 71.3 Å². The molecule has 0 aliphatic heterocycles. The van der Waals surface area contributed by atoms with Crippen molar-refractivity contribution in [3.8, 4) is 33.4 Å². The molecular formula is C54H35NO. The molecule has 2 nitrogen and oxygen atoms in total. The zero-order chi connectivity index (χ0) is 37.0. The third-order valence-corrected chi connectivity index (χ3v) is 11.3. The van der Waals surface area contributed by atoms with Gasteiger partial charge in [0.05, 0.1) is 11.4 Å². The van der Waals surface area contributed by atoms with Gasteiger partial charge < -0.3 is 9.32 Å². The summed E-state index contributed by atoms with van der Waals surface area (Å²) in [6.07, 6.45) is 0. The highest BCUT2D eigenvalue weighted by Gasteiger charge is 2.21. The van der Waals surface area contributed by atoms with Crippen LogP contribution in [0.5, 0.6) is 0 Å². The molecule has 0 radical (unpaired) electrons. The van der Waals surface area contributed by atoms with Crippen molar-refractivity contribution < 1.29 is 4.42 Å². The standard InChI is InChI=1S/C54H35NO/c1-3-18-42-38(14-1)31-34-46-43(22-11-23-45(42)46)40-17-9-16-39(35-40)36-29-32-41(33-30-36)55(51-27-10-15-37-13-2-4-19-44(37)51)52-26-7-5-20-47(52)49-24-12-25-50-48-21-6-8-28-53(48)56-54(49)50/h1-35H. The molecule has 1 aromatic heterocycles. The largest absolute Gasteiger partial charge is 0.455 e. The van der Waals surface area contributed by atoms with Crippen LogP contribution in [0.25, 0.3) is 87.6 Å². The molecular weight excluding hydrogens is 679 g/mol. The average molecular weight is 714 g/mol. The number of para-hydroxylation sites is 3. The number of rotatable bonds is 6. The van der Waals surface area contributed by atoms with E-state index in [1.165, 1.54) is 54.6 Å². The number of hydrogen-bond donors (Lipinski definition) is 0. The summed E-state index contributed by atoms with van der Waals surface area (Å²) in [5.41, 5.74) is 12.0. The maximum absolute atomic E-state index is 6.58. The fraction of sp³-hybridized carbons (Fsp3) is 0. The Morgan fingerprint density at radius 1 is 0.304 bits per heavy atom. The van der Waals surface area contributed by atoms with Gasteiger partial charge in [0.15, 0.2) is 0 Å². The third-order valence-electron chi connectivity index (χ3n) is 11.3. The van der Waals surface area contributed by atoms with Crippen molar-refractivity contribution in [3.05, 3.63) is 212 Å². The summed E-state index contributed by atoms with van der Waals surface area (Å²) in [5, 5.41) is 9.72. The lowest BCUT2D eigenvalue weighted by Gasteiger charge is -2.29. The molecule has 0 unspecified atom stereocenters. The Labute approximate surface area is 325 Å². The van der Waals surface area contributed by atoms with Gasteiger partial charge >= 0.3 is 0 Å². The molecule has 262 valence electrons. The minimum absolute atomic E-state index is 0.895. The Hall–Kier alpha value is -7.42. The van der Waals surface area contributed by atoms with Gasteiger partial charge in [-0.15, -0.1) is 0 Å². The number of anilines is 3. The third kappa shape index (κ3) is 5.26. The van der Waals surface area contributed by atoms with E-state index in [0.717, 1.165) is 50.1 Å². The molecule has 0 aliphatic carbocycles. The van der Waals surface area contributed by atoms with Crippen molar-refractivity contribution in [3.63, 3.8) is 0 Å². The molecule has 0 saturated heterocycles. The van der Waals surface area contributed by atoms with Gasteiger partial charge in [-0.25, -0.2) is 0 Å². The Balaban J connectivity index is 1.05. The Bertz CT molecular complexity index is 3260. The lowest BCUT2D eigenvalue weighted by atomic mass is 9.93. The summed E-state index contributed by atoms with van der Waals surface area (Å²) in [6.45, 7) is 0. The first-order valence-corrected chi connectivity index (χ1v) is 19.2. The first-order chi connectivity index (χ1) is 27.8. The van der Waals surface area contributed by atoms with Gasteiger partial charge in [0.2, 0.25) is 0 Å². The Kier molecular flexibility index (Phi) is 7.53. The minimum atomic E-state index is 0.895. The predicted octanol–water partition coefficient (Wildman–Crippen LogP) is 15.5. The van der Waals surface area contributed by atoms with Crippen LogP contribution in [0.15, 0.2) is 217 Å². The van der Waals surface area contributed by atoms with Crippen molar-refractivity contribution in [2.45, 2.75) is 0 Å². The second-order valence-electron chi connectivity index (χ2n) is 14.4. The highest BCUT2D eigenvalue weighted by atomic mass is 16.3. The van der Waals surface area contributed by atoms with Crippen LogP contribution >= 0.6 is 0 Å². The zero-order valence-corrected chi connectivity index (χ0v) is 30.6. The van der Waals surface area contributed by atoms with Crippen LogP contribution in [0, 0.1) is 0 Å². The molecule has 0 bridgehead atoms. The number of benzene rings is 10. The van der Waals surface area contributed by atoms with E-state index in [2.05, 4.69) is 211 Å². The lowest BCUT2D eigenvalue weighted by molar-refractivity contribution is 0.670. The van der Waals surface area contributed by atoms with Gasteiger partial charge in [-0.1, -0.05) is 176 Å². The summed E-state index contributed by atoms with van der Waals surface area (Å²) in [6, 6.07) is 76.4. The summed E-state index contributed by atoms with van der Waals surface area (Å²) >= 11 is 0. The number of fused-ring (bicyclic) bond motifs is 7. The van der Waals surface area contributed by atoms with Gasteiger partial charge in [0.1, 0.15) is 11.2 Å². The normalized spacial score (nSPS) is 11.6. The van der Waals surface area contributed by atoms with E-state index in [0.29, 0.717) is 0 Å². The molecule has 0 saturated carbocycles. The van der Waals surface area contributed by atoms with E-state index in [9.17, 15) is 0 Å². The zero-order valence-electron chi connectivity index (χ0n) is 30.6. The fourth-order valence-electron chi connectivity index (χ4n) is 8.63. The molecule has 0 atom stereocenters. The predicted molar refractivity (Wildman–Crippen MR) is 237 cm³/mol. The molecule has 1 heterocycles. The minimum Gasteiger partial charge on any atom is -0.455 e. The van der Waals surface area contributed by atoms with E-state index in [1.807, 2.05) is 6.07 Å². The van der Waals surface area contributed by atoms with E-state index in [4.69, 9.17) is 4.42 Å². The molecule has 0 fully saturated rings.